The van der Waals surface area contributed by atoms with Gasteiger partial charge in [-0.05, 0) is 42.5 Å². The first-order chi connectivity index (χ1) is 13.4. The standard InChI is InChI=1S/C18H13ClFN5O3/c19-10-4-6-13(7-5-10)25-17(27)15-16(18(25)28)24(23-22-15)9-14(26)21-12-3-1-2-11(20)8-12/h1-8,15-16H,9H2,(H,21,26). The molecule has 2 aliphatic rings. The Balaban J connectivity index is 1.48. The Morgan fingerprint density at radius 1 is 1.14 bits per heavy atom. The number of fused-ring (bicyclic) bond motifs is 1. The van der Waals surface area contributed by atoms with Gasteiger partial charge in [0.25, 0.3) is 11.8 Å². The van der Waals surface area contributed by atoms with Gasteiger partial charge in [-0.15, -0.1) is 0 Å². The zero-order valence-electron chi connectivity index (χ0n) is 14.3. The second-order valence-corrected chi connectivity index (χ2v) is 6.68. The molecule has 3 amide bonds. The molecule has 0 radical (unpaired) electrons. The SMILES string of the molecule is O=C(CN1N=NC2C(=O)N(c3ccc(Cl)cc3)C(=O)C21)Nc1cccc(F)c1. The average Bonchev–Trinajstić information content (AvgIpc) is 3.16. The summed E-state index contributed by atoms with van der Waals surface area (Å²) in [5.74, 6) is -2.06. The minimum absolute atomic E-state index is 0.273. The number of imide groups is 1. The summed E-state index contributed by atoms with van der Waals surface area (Å²) in [6.07, 6.45) is 0. The number of nitrogens with zero attached hydrogens (tertiary/aromatic N) is 4. The number of nitrogens with one attached hydrogen (secondary N) is 1. The lowest BCUT2D eigenvalue weighted by Crippen LogP contribution is -2.43. The van der Waals surface area contributed by atoms with Crippen molar-refractivity contribution in [1.29, 1.82) is 0 Å². The molecule has 10 heteroatoms. The van der Waals surface area contributed by atoms with Crippen LogP contribution in [-0.2, 0) is 14.4 Å². The highest BCUT2D eigenvalue weighted by molar-refractivity contribution is 6.31. The number of hydrogen-bond acceptors (Lipinski definition) is 6. The second-order valence-electron chi connectivity index (χ2n) is 6.24. The van der Waals surface area contributed by atoms with Gasteiger partial charge in [0.05, 0.1) is 5.69 Å². The molecular formula is C18H13ClFN5O3. The largest absolute Gasteiger partial charge is 0.324 e. The summed E-state index contributed by atoms with van der Waals surface area (Å²) in [5, 5.41) is 11.8. The van der Waals surface area contributed by atoms with Crippen molar-refractivity contribution >= 4 is 40.7 Å². The molecular weight excluding hydrogens is 389 g/mol. The minimum Gasteiger partial charge on any atom is -0.324 e. The predicted molar refractivity (Wildman–Crippen MR) is 98.1 cm³/mol. The number of anilines is 2. The molecule has 2 heterocycles. The first kappa shape index (κ1) is 18.1. The molecule has 28 heavy (non-hydrogen) atoms. The van der Waals surface area contributed by atoms with Crippen LogP contribution in [0.5, 0.6) is 0 Å². The fraction of sp³-hybridized carbons (Fsp3) is 0.167. The molecule has 4 rings (SSSR count). The van der Waals surface area contributed by atoms with Gasteiger partial charge in [0.2, 0.25) is 5.91 Å². The minimum atomic E-state index is -1.01. The van der Waals surface area contributed by atoms with Crippen LogP contribution in [0.3, 0.4) is 0 Å². The molecule has 2 aliphatic heterocycles. The van der Waals surface area contributed by atoms with Crippen LogP contribution >= 0.6 is 11.6 Å². The summed E-state index contributed by atoms with van der Waals surface area (Å²) in [6.45, 7) is -0.311. The molecule has 1 saturated heterocycles. The number of benzene rings is 2. The Morgan fingerprint density at radius 2 is 1.89 bits per heavy atom. The zero-order valence-corrected chi connectivity index (χ0v) is 15.0. The Morgan fingerprint density at radius 3 is 2.61 bits per heavy atom. The average molecular weight is 402 g/mol. The Kier molecular flexibility index (Phi) is 4.52. The first-order valence-corrected chi connectivity index (χ1v) is 8.68. The lowest BCUT2D eigenvalue weighted by Gasteiger charge is -2.20. The highest BCUT2D eigenvalue weighted by Crippen LogP contribution is 2.32. The normalized spacial score (nSPS) is 20.6. The van der Waals surface area contributed by atoms with Crippen molar-refractivity contribution in [3.8, 4) is 0 Å². The quantitative estimate of drug-likeness (QED) is 0.796. The first-order valence-electron chi connectivity index (χ1n) is 8.30. The molecule has 0 bridgehead atoms. The van der Waals surface area contributed by atoms with Crippen molar-refractivity contribution in [1.82, 2.24) is 5.01 Å². The van der Waals surface area contributed by atoms with Crippen LogP contribution in [0.2, 0.25) is 5.02 Å². The summed E-state index contributed by atoms with van der Waals surface area (Å²) >= 11 is 5.85. The van der Waals surface area contributed by atoms with Gasteiger partial charge in [-0.1, -0.05) is 22.9 Å². The number of rotatable bonds is 4. The summed E-state index contributed by atoms with van der Waals surface area (Å²) < 4.78 is 13.2. The van der Waals surface area contributed by atoms with Crippen molar-refractivity contribution in [3.05, 3.63) is 59.4 Å². The number of carbonyl (C=O) groups excluding carboxylic acids is 3. The van der Waals surface area contributed by atoms with Gasteiger partial charge < -0.3 is 5.32 Å². The van der Waals surface area contributed by atoms with Gasteiger partial charge in [-0.3, -0.25) is 19.4 Å². The van der Waals surface area contributed by atoms with E-state index in [4.69, 9.17) is 11.6 Å². The van der Waals surface area contributed by atoms with E-state index in [-0.39, 0.29) is 12.2 Å². The van der Waals surface area contributed by atoms with Crippen LogP contribution in [0, 0.1) is 5.82 Å². The topological polar surface area (TPSA) is 94.4 Å². The number of carbonyl (C=O) groups is 3. The lowest BCUT2D eigenvalue weighted by molar-refractivity contribution is -0.123. The fourth-order valence-electron chi connectivity index (χ4n) is 3.11. The summed E-state index contributed by atoms with van der Waals surface area (Å²) in [6, 6.07) is 9.64. The molecule has 0 aromatic heterocycles. The number of hydrogen-bond donors (Lipinski definition) is 1. The Labute approximate surface area is 163 Å². The van der Waals surface area contributed by atoms with Gasteiger partial charge >= 0.3 is 0 Å². The molecule has 0 spiro atoms. The lowest BCUT2D eigenvalue weighted by atomic mass is 10.1. The van der Waals surface area contributed by atoms with Gasteiger partial charge in [-0.25, -0.2) is 9.29 Å². The Bertz CT molecular complexity index is 997. The smallest absolute Gasteiger partial charge is 0.263 e. The van der Waals surface area contributed by atoms with E-state index < -0.39 is 35.6 Å². The van der Waals surface area contributed by atoms with E-state index in [9.17, 15) is 18.8 Å². The van der Waals surface area contributed by atoms with Gasteiger partial charge in [0, 0.05) is 10.7 Å². The van der Waals surface area contributed by atoms with Crippen LogP contribution in [0.25, 0.3) is 0 Å². The maximum atomic E-state index is 13.2. The highest BCUT2D eigenvalue weighted by Gasteiger charge is 2.55. The molecule has 0 saturated carbocycles. The van der Waals surface area contributed by atoms with Gasteiger partial charge in [0.1, 0.15) is 12.4 Å². The summed E-state index contributed by atoms with van der Waals surface area (Å²) in [5.41, 5.74) is 0.641. The molecule has 2 unspecified atom stereocenters. The molecule has 8 nitrogen and oxygen atoms in total. The van der Waals surface area contributed by atoms with Gasteiger partial charge in [-0.2, -0.15) is 5.11 Å². The monoisotopic (exact) mass is 401 g/mol. The van der Waals surface area contributed by atoms with Crippen LogP contribution in [0.1, 0.15) is 0 Å². The fourth-order valence-corrected chi connectivity index (χ4v) is 3.24. The van der Waals surface area contributed by atoms with Crippen molar-refractivity contribution in [2.45, 2.75) is 12.1 Å². The van der Waals surface area contributed by atoms with Crippen LogP contribution < -0.4 is 10.2 Å². The maximum absolute atomic E-state index is 13.2. The highest BCUT2D eigenvalue weighted by atomic mass is 35.5. The van der Waals surface area contributed by atoms with Crippen LogP contribution in [0.4, 0.5) is 15.8 Å². The molecule has 142 valence electrons. The Hall–Kier alpha value is -3.33. The van der Waals surface area contributed by atoms with Crippen molar-refractivity contribution in [2.75, 3.05) is 16.8 Å². The van der Waals surface area contributed by atoms with E-state index in [0.717, 1.165) is 9.91 Å². The molecule has 2 aromatic carbocycles. The molecule has 1 fully saturated rings. The van der Waals surface area contributed by atoms with Gasteiger partial charge in [0.15, 0.2) is 12.1 Å². The van der Waals surface area contributed by atoms with E-state index in [2.05, 4.69) is 15.7 Å². The zero-order chi connectivity index (χ0) is 19.8. The summed E-state index contributed by atoms with van der Waals surface area (Å²) in [7, 11) is 0. The third-order valence-corrected chi connectivity index (χ3v) is 4.61. The molecule has 2 aromatic rings. The third-order valence-electron chi connectivity index (χ3n) is 4.36. The van der Waals surface area contributed by atoms with E-state index in [0.29, 0.717) is 10.7 Å². The predicted octanol–water partition coefficient (Wildman–Crippen LogP) is 2.41. The molecule has 0 aliphatic carbocycles. The van der Waals surface area contributed by atoms with E-state index in [1.165, 1.54) is 24.3 Å². The van der Waals surface area contributed by atoms with E-state index in [1.54, 1.807) is 24.3 Å². The maximum Gasteiger partial charge on any atom is 0.263 e. The second kappa shape index (κ2) is 7.01. The van der Waals surface area contributed by atoms with Crippen molar-refractivity contribution in [2.24, 2.45) is 10.3 Å². The summed E-state index contributed by atoms with van der Waals surface area (Å²) in [4.78, 5) is 38.7. The molecule has 2 atom stereocenters. The molecule has 1 N–H and O–H groups in total. The van der Waals surface area contributed by atoms with Crippen LogP contribution in [-0.4, -0.2) is 41.4 Å². The van der Waals surface area contributed by atoms with E-state index in [1.807, 2.05) is 0 Å². The van der Waals surface area contributed by atoms with Crippen molar-refractivity contribution in [3.63, 3.8) is 0 Å². The number of halogens is 2. The van der Waals surface area contributed by atoms with Crippen LogP contribution in [0.15, 0.2) is 58.9 Å². The number of amides is 3. The van der Waals surface area contributed by atoms with E-state index >= 15 is 0 Å². The third kappa shape index (κ3) is 3.20. The van der Waals surface area contributed by atoms with Crippen molar-refractivity contribution < 1.29 is 18.8 Å².